The summed E-state index contributed by atoms with van der Waals surface area (Å²) in [6.45, 7) is 0. The van der Waals surface area contributed by atoms with Crippen LogP contribution in [0.15, 0.2) is 36.4 Å². The number of rotatable bonds is 2. The molecule has 2 aromatic rings. The van der Waals surface area contributed by atoms with Crippen LogP contribution in [0, 0.1) is 5.82 Å². The van der Waals surface area contributed by atoms with Gasteiger partial charge in [-0.3, -0.25) is 4.79 Å². The predicted molar refractivity (Wildman–Crippen MR) is 115 cm³/mol. The minimum Gasteiger partial charge on any atom is -0.325 e. The number of halogens is 3. The first kappa shape index (κ1) is 20.0. The van der Waals surface area contributed by atoms with Crippen molar-refractivity contribution in [1.82, 2.24) is 5.32 Å². The van der Waals surface area contributed by atoms with Crippen molar-refractivity contribution in [2.24, 2.45) is 0 Å². The Morgan fingerprint density at radius 3 is 2.60 bits per heavy atom. The van der Waals surface area contributed by atoms with Gasteiger partial charge in [-0.15, -0.1) is 0 Å². The van der Waals surface area contributed by atoms with E-state index in [9.17, 15) is 9.59 Å². The number of carbonyl (C=O) groups is 2. The Balaban J connectivity index is 1.84. The minimum absolute atomic E-state index is 0.0216. The van der Waals surface area contributed by atoms with Gasteiger partial charge >= 0.3 is 0 Å². The van der Waals surface area contributed by atoms with Gasteiger partial charge in [0.15, 0.2) is 0 Å². The Kier molecular flexibility index (Phi) is 4.69. The summed E-state index contributed by atoms with van der Waals surface area (Å²) in [5.74, 6) is -1.53. The highest BCUT2D eigenvalue weighted by molar-refractivity contribution is 6.31. The molecule has 2 fully saturated rings. The van der Waals surface area contributed by atoms with E-state index in [4.69, 9.17) is 23.2 Å². The van der Waals surface area contributed by atoms with Crippen LogP contribution in [0.2, 0.25) is 10.0 Å². The molecule has 1 unspecified atom stereocenters. The lowest BCUT2D eigenvalue weighted by Gasteiger charge is -2.47. The van der Waals surface area contributed by atoms with E-state index in [-0.39, 0.29) is 16.5 Å². The molecule has 2 N–H and O–H groups in total. The van der Waals surface area contributed by atoms with Crippen LogP contribution in [-0.2, 0) is 15.0 Å². The summed E-state index contributed by atoms with van der Waals surface area (Å²) < 4.78 is 15.3. The molecule has 1 saturated heterocycles. The zero-order valence-corrected chi connectivity index (χ0v) is 17.7. The van der Waals surface area contributed by atoms with Crippen molar-refractivity contribution in [1.29, 1.82) is 0 Å². The van der Waals surface area contributed by atoms with E-state index < -0.39 is 28.7 Å². The molecule has 1 amide bonds. The van der Waals surface area contributed by atoms with Crippen molar-refractivity contribution < 1.29 is 14.0 Å². The van der Waals surface area contributed by atoms with Gasteiger partial charge in [0.05, 0.1) is 11.1 Å². The molecular formula is C23H21Cl2FN2O2. The Morgan fingerprint density at radius 1 is 1.10 bits per heavy atom. The lowest BCUT2D eigenvalue weighted by Crippen LogP contribution is -2.60. The number of fused-ring (bicyclic) bond motifs is 3. The summed E-state index contributed by atoms with van der Waals surface area (Å²) in [6, 6.07) is 9.37. The summed E-state index contributed by atoms with van der Waals surface area (Å²) in [5.41, 5.74) is -0.116. The van der Waals surface area contributed by atoms with Crippen LogP contribution in [0.4, 0.5) is 10.1 Å². The maximum atomic E-state index is 15.3. The Morgan fingerprint density at radius 2 is 1.87 bits per heavy atom. The van der Waals surface area contributed by atoms with Crippen molar-refractivity contribution in [3.05, 3.63) is 63.4 Å². The maximum absolute atomic E-state index is 15.3. The molecule has 0 bridgehead atoms. The zero-order chi connectivity index (χ0) is 21.1. The number of hydrogen-bond acceptors (Lipinski definition) is 3. The Labute approximate surface area is 184 Å². The van der Waals surface area contributed by atoms with Crippen LogP contribution < -0.4 is 10.6 Å². The minimum atomic E-state index is -1.13. The van der Waals surface area contributed by atoms with Gasteiger partial charge in [-0.05, 0) is 42.2 Å². The third-order valence-electron chi connectivity index (χ3n) is 7.21. The quantitative estimate of drug-likeness (QED) is 0.639. The first-order valence-electron chi connectivity index (χ1n) is 10.2. The van der Waals surface area contributed by atoms with Crippen LogP contribution in [0.5, 0.6) is 0 Å². The highest BCUT2D eigenvalue weighted by Crippen LogP contribution is 2.62. The third-order valence-corrected chi connectivity index (χ3v) is 7.73. The Bertz CT molecular complexity index is 1050. The molecule has 0 aromatic heterocycles. The number of benzene rings is 2. The third kappa shape index (κ3) is 2.49. The molecule has 0 radical (unpaired) electrons. The van der Waals surface area contributed by atoms with Gasteiger partial charge in [-0.2, -0.15) is 0 Å². The summed E-state index contributed by atoms with van der Waals surface area (Å²) in [4.78, 5) is 26.1. The second-order valence-corrected chi connectivity index (χ2v) is 9.37. The molecule has 3 aliphatic rings. The molecule has 2 spiro atoms. The molecule has 2 aromatic carbocycles. The Hall–Kier alpha value is -1.95. The van der Waals surface area contributed by atoms with Crippen molar-refractivity contribution in [2.75, 3.05) is 5.32 Å². The van der Waals surface area contributed by atoms with Crippen LogP contribution in [0.25, 0.3) is 0 Å². The van der Waals surface area contributed by atoms with Crippen molar-refractivity contribution >= 4 is 41.1 Å². The normalized spacial score (nSPS) is 29.2. The highest BCUT2D eigenvalue weighted by Gasteiger charge is 2.71. The fourth-order valence-electron chi connectivity index (χ4n) is 6.17. The van der Waals surface area contributed by atoms with E-state index in [1.807, 2.05) is 6.07 Å². The SMILES string of the molecule is O=CC1NC2(CCCCC2)[C@@]2(C(=O)Nc3cc(Cl)ccc32)[C@H]1c1cccc(Cl)c1F. The van der Waals surface area contributed by atoms with Gasteiger partial charge in [-0.25, -0.2) is 4.39 Å². The van der Waals surface area contributed by atoms with E-state index in [0.29, 0.717) is 10.7 Å². The van der Waals surface area contributed by atoms with Crippen molar-refractivity contribution in [3.8, 4) is 0 Å². The second kappa shape index (κ2) is 7.04. The number of aldehydes is 1. The van der Waals surface area contributed by atoms with E-state index in [1.54, 1.807) is 24.3 Å². The molecule has 5 rings (SSSR count). The number of hydrogen-bond donors (Lipinski definition) is 2. The number of carbonyl (C=O) groups excluding carboxylic acids is 2. The van der Waals surface area contributed by atoms with E-state index >= 15 is 4.39 Å². The van der Waals surface area contributed by atoms with Gasteiger partial charge in [-0.1, -0.05) is 60.7 Å². The lowest BCUT2D eigenvalue weighted by molar-refractivity contribution is -0.124. The van der Waals surface area contributed by atoms with Crippen LogP contribution in [0.1, 0.15) is 49.1 Å². The van der Waals surface area contributed by atoms with E-state index in [0.717, 1.165) is 44.0 Å². The average Bonchev–Trinajstić information content (AvgIpc) is 3.18. The highest BCUT2D eigenvalue weighted by atomic mass is 35.5. The first-order chi connectivity index (χ1) is 14.4. The molecule has 2 aliphatic heterocycles. The molecular weight excluding hydrogens is 426 g/mol. The molecule has 156 valence electrons. The van der Waals surface area contributed by atoms with Crippen LogP contribution >= 0.6 is 23.2 Å². The topological polar surface area (TPSA) is 58.2 Å². The number of amides is 1. The van der Waals surface area contributed by atoms with Crippen molar-refractivity contribution in [3.63, 3.8) is 0 Å². The van der Waals surface area contributed by atoms with Crippen LogP contribution in [0.3, 0.4) is 0 Å². The molecule has 1 saturated carbocycles. The predicted octanol–water partition coefficient (Wildman–Crippen LogP) is 4.98. The van der Waals surface area contributed by atoms with Gasteiger partial charge in [0, 0.05) is 22.2 Å². The average molecular weight is 447 g/mol. The maximum Gasteiger partial charge on any atom is 0.237 e. The smallest absolute Gasteiger partial charge is 0.237 e. The summed E-state index contributed by atoms with van der Waals surface area (Å²) in [6.07, 6.45) is 5.19. The molecule has 1 aliphatic carbocycles. The molecule has 4 nitrogen and oxygen atoms in total. The van der Waals surface area contributed by atoms with Crippen molar-refractivity contribution in [2.45, 2.75) is 55.0 Å². The summed E-state index contributed by atoms with van der Waals surface area (Å²) in [5, 5.41) is 6.97. The molecule has 3 atom stereocenters. The van der Waals surface area contributed by atoms with E-state index in [1.165, 1.54) is 6.07 Å². The monoisotopic (exact) mass is 446 g/mol. The fraction of sp³-hybridized carbons (Fsp3) is 0.391. The molecule has 30 heavy (non-hydrogen) atoms. The van der Waals surface area contributed by atoms with Gasteiger partial charge in [0.25, 0.3) is 0 Å². The van der Waals surface area contributed by atoms with E-state index in [2.05, 4.69) is 10.6 Å². The lowest BCUT2D eigenvalue weighted by atomic mass is 9.55. The van der Waals surface area contributed by atoms with Gasteiger partial charge in [0.2, 0.25) is 5.91 Å². The largest absolute Gasteiger partial charge is 0.325 e. The molecule has 7 heteroatoms. The molecule has 2 heterocycles. The second-order valence-electron chi connectivity index (χ2n) is 8.52. The summed E-state index contributed by atoms with van der Waals surface area (Å²) >= 11 is 12.3. The van der Waals surface area contributed by atoms with Gasteiger partial charge in [0.1, 0.15) is 17.5 Å². The standard InChI is InChI=1S/C23H21Cl2FN2O2/c24-13-7-8-15-17(11-13)27-21(30)23(15)19(14-5-4-6-16(25)20(14)26)18(12-29)28-22(23)9-2-1-3-10-22/h4-8,11-12,18-19,28H,1-3,9-10H2,(H,27,30)/t18?,19-,23+/m0/s1. The number of nitrogens with one attached hydrogen (secondary N) is 2. The fourth-order valence-corrected chi connectivity index (χ4v) is 6.52. The summed E-state index contributed by atoms with van der Waals surface area (Å²) in [7, 11) is 0. The van der Waals surface area contributed by atoms with Gasteiger partial charge < -0.3 is 15.4 Å². The van der Waals surface area contributed by atoms with Crippen LogP contribution in [-0.4, -0.2) is 23.8 Å². The zero-order valence-electron chi connectivity index (χ0n) is 16.2. The first-order valence-corrected chi connectivity index (χ1v) is 11.0. The number of anilines is 1.